The Balaban J connectivity index is 1.85. The number of hydrogen-bond acceptors (Lipinski definition) is 5. The molecule has 1 saturated heterocycles. The number of rotatable bonds is 4. The Morgan fingerprint density at radius 3 is 2.95 bits per heavy atom. The predicted octanol–water partition coefficient (Wildman–Crippen LogP) is 1.61. The predicted molar refractivity (Wildman–Crippen MR) is 80.1 cm³/mol. The van der Waals surface area contributed by atoms with Crippen LogP contribution in [0, 0.1) is 5.92 Å². The summed E-state index contributed by atoms with van der Waals surface area (Å²) in [6.07, 6.45) is 2.06. The average Bonchev–Trinajstić information content (AvgIpc) is 2.87. The molecule has 2 heterocycles. The monoisotopic (exact) mass is 295 g/mol. The van der Waals surface area contributed by atoms with Gasteiger partial charge in [0.2, 0.25) is 11.8 Å². The van der Waals surface area contributed by atoms with Gasteiger partial charge in [0.1, 0.15) is 0 Å². The van der Waals surface area contributed by atoms with Gasteiger partial charge in [0.15, 0.2) is 0 Å². The van der Waals surface area contributed by atoms with Crippen molar-refractivity contribution in [1.82, 2.24) is 10.1 Å². The first kappa shape index (κ1) is 16.0. The standard InChI is InChI=1S/C15H25N3O3/c1-15(2,3)12-7-14(21-17-12)16-13(20)9-18-6-4-5-11(8-18)10-19/h7,11,19H,4-6,8-10H2,1-3H3,(H,16,20). The van der Waals surface area contributed by atoms with Crippen LogP contribution in [0.1, 0.15) is 39.3 Å². The third-order valence-corrected chi connectivity index (χ3v) is 3.77. The summed E-state index contributed by atoms with van der Waals surface area (Å²) in [6, 6.07) is 1.77. The normalized spacial score (nSPS) is 20.5. The Hall–Kier alpha value is -1.40. The van der Waals surface area contributed by atoms with E-state index < -0.39 is 0 Å². The summed E-state index contributed by atoms with van der Waals surface area (Å²) in [5, 5.41) is 15.9. The minimum Gasteiger partial charge on any atom is -0.396 e. The first-order valence-corrected chi connectivity index (χ1v) is 7.48. The first-order valence-electron chi connectivity index (χ1n) is 7.48. The molecule has 0 spiro atoms. The number of carbonyl (C=O) groups excluding carboxylic acids is 1. The van der Waals surface area contributed by atoms with Gasteiger partial charge in [0.25, 0.3) is 0 Å². The van der Waals surface area contributed by atoms with Crippen LogP contribution in [0.15, 0.2) is 10.6 Å². The van der Waals surface area contributed by atoms with Crippen LogP contribution < -0.4 is 5.32 Å². The topological polar surface area (TPSA) is 78.6 Å². The minimum atomic E-state index is -0.106. The molecule has 1 aromatic heterocycles. The van der Waals surface area contributed by atoms with Crippen molar-refractivity contribution >= 4 is 11.8 Å². The zero-order valence-electron chi connectivity index (χ0n) is 13.1. The van der Waals surface area contributed by atoms with E-state index in [1.807, 2.05) is 20.8 Å². The quantitative estimate of drug-likeness (QED) is 0.882. The van der Waals surface area contributed by atoms with Crippen molar-refractivity contribution in [2.45, 2.75) is 39.0 Å². The molecule has 1 fully saturated rings. The molecule has 1 aliphatic rings. The van der Waals surface area contributed by atoms with Gasteiger partial charge in [-0.25, -0.2) is 0 Å². The molecule has 1 aromatic rings. The van der Waals surface area contributed by atoms with E-state index in [1.165, 1.54) is 0 Å². The van der Waals surface area contributed by atoms with E-state index in [0.29, 0.717) is 12.4 Å². The van der Waals surface area contributed by atoms with Gasteiger partial charge in [-0.15, -0.1) is 0 Å². The number of aliphatic hydroxyl groups excluding tert-OH is 1. The van der Waals surface area contributed by atoms with Crippen LogP contribution in [0.5, 0.6) is 0 Å². The second-order valence-electron chi connectivity index (χ2n) is 6.80. The second-order valence-corrected chi connectivity index (χ2v) is 6.80. The highest BCUT2D eigenvalue weighted by molar-refractivity contribution is 5.91. The van der Waals surface area contributed by atoms with Crippen LogP contribution in [0.25, 0.3) is 0 Å². The smallest absolute Gasteiger partial charge is 0.240 e. The largest absolute Gasteiger partial charge is 0.396 e. The minimum absolute atomic E-state index is 0.103. The van der Waals surface area contributed by atoms with Crippen molar-refractivity contribution in [1.29, 1.82) is 0 Å². The molecule has 0 radical (unpaired) electrons. The van der Waals surface area contributed by atoms with Crippen molar-refractivity contribution < 1.29 is 14.4 Å². The first-order chi connectivity index (χ1) is 9.88. The van der Waals surface area contributed by atoms with Gasteiger partial charge >= 0.3 is 0 Å². The Labute approximate surface area is 125 Å². The Bertz CT molecular complexity index is 479. The maximum absolute atomic E-state index is 12.0. The van der Waals surface area contributed by atoms with Gasteiger partial charge in [0.05, 0.1) is 12.2 Å². The molecule has 1 atom stereocenters. The maximum atomic E-state index is 12.0. The van der Waals surface area contributed by atoms with E-state index >= 15 is 0 Å². The lowest BCUT2D eigenvalue weighted by Crippen LogP contribution is -2.41. The summed E-state index contributed by atoms with van der Waals surface area (Å²) in [6.45, 7) is 8.30. The number of carbonyl (C=O) groups is 1. The van der Waals surface area contributed by atoms with Crippen molar-refractivity contribution in [2.75, 3.05) is 31.6 Å². The van der Waals surface area contributed by atoms with E-state index in [9.17, 15) is 9.90 Å². The van der Waals surface area contributed by atoms with Crippen LogP contribution in [0.2, 0.25) is 0 Å². The molecular weight excluding hydrogens is 270 g/mol. The van der Waals surface area contributed by atoms with Crippen molar-refractivity contribution in [2.24, 2.45) is 5.92 Å². The third kappa shape index (κ3) is 4.54. The van der Waals surface area contributed by atoms with Crippen LogP contribution in [0.4, 0.5) is 5.88 Å². The number of hydrogen-bond donors (Lipinski definition) is 2. The Morgan fingerprint density at radius 2 is 2.33 bits per heavy atom. The van der Waals surface area contributed by atoms with Crippen LogP contribution in [0.3, 0.4) is 0 Å². The highest BCUT2D eigenvalue weighted by atomic mass is 16.5. The molecule has 0 aliphatic carbocycles. The van der Waals surface area contributed by atoms with Crippen LogP contribution >= 0.6 is 0 Å². The van der Waals surface area contributed by atoms with Gasteiger partial charge in [-0.1, -0.05) is 25.9 Å². The van der Waals surface area contributed by atoms with Crippen molar-refractivity contribution in [3.8, 4) is 0 Å². The van der Waals surface area contributed by atoms with Crippen LogP contribution in [-0.2, 0) is 10.2 Å². The summed E-state index contributed by atoms with van der Waals surface area (Å²) in [7, 11) is 0. The molecular formula is C15H25N3O3. The lowest BCUT2D eigenvalue weighted by Gasteiger charge is -2.30. The summed E-state index contributed by atoms with van der Waals surface area (Å²) in [4.78, 5) is 14.1. The van der Waals surface area contributed by atoms with E-state index in [0.717, 1.165) is 31.6 Å². The molecule has 1 aliphatic heterocycles. The SMILES string of the molecule is CC(C)(C)c1cc(NC(=O)CN2CCCC(CO)C2)on1. The fourth-order valence-corrected chi connectivity index (χ4v) is 2.51. The van der Waals surface area contributed by atoms with Crippen LogP contribution in [-0.4, -0.2) is 47.3 Å². The lowest BCUT2D eigenvalue weighted by molar-refractivity contribution is -0.117. The Kier molecular flexibility index (Phi) is 5.00. The lowest BCUT2D eigenvalue weighted by atomic mass is 9.92. The molecule has 0 aromatic carbocycles. The molecule has 1 unspecified atom stereocenters. The Morgan fingerprint density at radius 1 is 1.57 bits per heavy atom. The van der Waals surface area contributed by atoms with Gasteiger partial charge in [-0.05, 0) is 25.3 Å². The zero-order chi connectivity index (χ0) is 15.5. The number of aromatic nitrogens is 1. The molecule has 21 heavy (non-hydrogen) atoms. The molecule has 0 saturated carbocycles. The highest BCUT2D eigenvalue weighted by Crippen LogP contribution is 2.23. The fraction of sp³-hybridized carbons (Fsp3) is 0.733. The van der Waals surface area contributed by atoms with Crippen molar-refractivity contribution in [3.63, 3.8) is 0 Å². The summed E-state index contributed by atoms with van der Waals surface area (Å²) >= 11 is 0. The van der Waals surface area contributed by atoms with Crippen molar-refractivity contribution in [3.05, 3.63) is 11.8 Å². The summed E-state index contributed by atoms with van der Waals surface area (Å²) < 4.78 is 5.15. The molecule has 2 rings (SSSR count). The summed E-state index contributed by atoms with van der Waals surface area (Å²) in [5.74, 6) is 0.565. The highest BCUT2D eigenvalue weighted by Gasteiger charge is 2.22. The van der Waals surface area contributed by atoms with Gasteiger partial charge < -0.3 is 9.63 Å². The molecule has 6 nitrogen and oxygen atoms in total. The molecule has 0 bridgehead atoms. The molecule has 1 amide bonds. The summed E-state index contributed by atoms with van der Waals surface area (Å²) in [5.41, 5.74) is 0.712. The average molecular weight is 295 g/mol. The number of amides is 1. The maximum Gasteiger partial charge on any atom is 0.240 e. The third-order valence-electron chi connectivity index (χ3n) is 3.77. The number of piperidine rings is 1. The number of nitrogens with zero attached hydrogens (tertiary/aromatic N) is 2. The number of likely N-dealkylation sites (tertiary alicyclic amines) is 1. The zero-order valence-corrected chi connectivity index (χ0v) is 13.1. The van der Waals surface area contributed by atoms with Gasteiger partial charge in [0, 0.05) is 24.6 Å². The van der Waals surface area contributed by atoms with Gasteiger partial charge in [-0.2, -0.15) is 0 Å². The van der Waals surface area contributed by atoms with Gasteiger partial charge in [-0.3, -0.25) is 15.0 Å². The molecule has 118 valence electrons. The van der Waals surface area contributed by atoms with E-state index in [-0.39, 0.29) is 23.8 Å². The fourth-order valence-electron chi connectivity index (χ4n) is 2.51. The van der Waals surface area contributed by atoms with E-state index in [1.54, 1.807) is 6.07 Å². The van der Waals surface area contributed by atoms with E-state index in [4.69, 9.17) is 4.52 Å². The number of nitrogens with one attached hydrogen (secondary N) is 1. The second kappa shape index (κ2) is 6.58. The van der Waals surface area contributed by atoms with E-state index in [2.05, 4.69) is 15.4 Å². The molecule has 6 heteroatoms. The number of anilines is 1. The number of aliphatic hydroxyl groups is 1. The molecule has 2 N–H and O–H groups in total.